The Balaban J connectivity index is 0.00000210. The van der Waals surface area contributed by atoms with E-state index >= 15 is 0 Å². The SMILES string of the molecule is CN1CCC(NC(=O)c2ccn(C3CCCNC3)n2)C1c1ccccc1.Cl. The van der Waals surface area contributed by atoms with Crippen molar-refractivity contribution in [3.05, 3.63) is 53.9 Å². The monoisotopic (exact) mass is 389 g/mol. The second-order valence-electron chi connectivity index (χ2n) is 7.39. The van der Waals surface area contributed by atoms with Crippen LogP contribution in [-0.4, -0.2) is 53.3 Å². The van der Waals surface area contributed by atoms with Gasteiger partial charge in [0.1, 0.15) is 5.69 Å². The molecule has 1 amide bonds. The first-order valence-corrected chi connectivity index (χ1v) is 9.54. The van der Waals surface area contributed by atoms with E-state index in [0.29, 0.717) is 11.7 Å². The summed E-state index contributed by atoms with van der Waals surface area (Å²) in [6.45, 7) is 2.97. The van der Waals surface area contributed by atoms with Gasteiger partial charge < -0.3 is 10.6 Å². The molecule has 0 saturated carbocycles. The molecule has 2 fully saturated rings. The Morgan fingerprint density at radius 3 is 2.78 bits per heavy atom. The van der Waals surface area contributed by atoms with Crippen LogP contribution < -0.4 is 10.6 Å². The van der Waals surface area contributed by atoms with Gasteiger partial charge in [-0.2, -0.15) is 5.10 Å². The van der Waals surface area contributed by atoms with Gasteiger partial charge in [0.25, 0.3) is 5.91 Å². The number of nitrogens with zero attached hydrogens (tertiary/aromatic N) is 3. The third-order valence-electron chi connectivity index (χ3n) is 5.59. The van der Waals surface area contributed by atoms with Crippen LogP contribution >= 0.6 is 12.4 Å². The van der Waals surface area contributed by atoms with Crippen molar-refractivity contribution in [3.63, 3.8) is 0 Å². The minimum atomic E-state index is -0.0752. The van der Waals surface area contributed by atoms with Crippen molar-refractivity contribution in [1.82, 2.24) is 25.3 Å². The third-order valence-corrected chi connectivity index (χ3v) is 5.59. The smallest absolute Gasteiger partial charge is 0.272 e. The molecule has 2 N–H and O–H groups in total. The molecule has 6 nitrogen and oxygen atoms in total. The summed E-state index contributed by atoms with van der Waals surface area (Å²) in [6.07, 6.45) is 5.15. The van der Waals surface area contributed by atoms with Crippen LogP contribution in [0.15, 0.2) is 42.6 Å². The van der Waals surface area contributed by atoms with Crippen LogP contribution in [0.4, 0.5) is 0 Å². The fraction of sp³-hybridized carbons (Fsp3) is 0.500. The maximum atomic E-state index is 12.8. The van der Waals surface area contributed by atoms with E-state index in [2.05, 4.69) is 51.9 Å². The van der Waals surface area contributed by atoms with Crippen LogP contribution in [0.3, 0.4) is 0 Å². The highest BCUT2D eigenvalue weighted by molar-refractivity contribution is 5.92. The summed E-state index contributed by atoms with van der Waals surface area (Å²) in [7, 11) is 2.12. The second-order valence-corrected chi connectivity index (χ2v) is 7.39. The molecule has 3 atom stereocenters. The first kappa shape index (κ1) is 19.9. The number of likely N-dealkylation sites (N-methyl/N-ethyl adjacent to an activating group) is 1. The summed E-state index contributed by atoms with van der Waals surface area (Å²) < 4.78 is 1.94. The Labute approximate surface area is 166 Å². The molecule has 2 aliphatic heterocycles. The Bertz CT molecular complexity index is 744. The fourth-order valence-corrected chi connectivity index (χ4v) is 4.20. The van der Waals surface area contributed by atoms with E-state index in [1.807, 2.05) is 23.0 Å². The summed E-state index contributed by atoms with van der Waals surface area (Å²) >= 11 is 0. The topological polar surface area (TPSA) is 62.2 Å². The summed E-state index contributed by atoms with van der Waals surface area (Å²) in [6, 6.07) is 12.9. The van der Waals surface area contributed by atoms with E-state index in [4.69, 9.17) is 0 Å². The summed E-state index contributed by atoms with van der Waals surface area (Å²) in [4.78, 5) is 15.1. The molecule has 7 heteroatoms. The van der Waals surface area contributed by atoms with Crippen LogP contribution in [0, 0.1) is 0 Å². The van der Waals surface area contributed by atoms with Crippen molar-refractivity contribution in [3.8, 4) is 0 Å². The molecule has 2 aliphatic rings. The van der Waals surface area contributed by atoms with Crippen molar-refractivity contribution < 1.29 is 4.79 Å². The normalized spacial score (nSPS) is 25.7. The number of hydrogen-bond acceptors (Lipinski definition) is 4. The van der Waals surface area contributed by atoms with Crippen molar-refractivity contribution in [2.24, 2.45) is 0 Å². The van der Waals surface area contributed by atoms with Crippen molar-refractivity contribution >= 4 is 18.3 Å². The van der Waals surface area contributed by atoms with E-state index in [1.54, 1.807) is 0 Å². The molecule has 3 heterocycles. The van der Waals surface area contributed by atoms with Gasteiger partial charge in [0.15, 0.2) is 0 Å². The van der Waals surface area contributed by atoms with Gasteiger partial charge >= 0.3 is 0 Å². The van der Waals surface area contributed by atoms with Crippen LogP contribution in [0.2, 0.25) is 0 Å². The average Bonchev–Trinajstić information content (AvgIpc) is 3.31. The zero-order valence-electron chi connectivity index (χ0n) is 15.7. The number of hydrogen-bond donors (Lipinski definition) is 2. The van der Waals surface area contributed by atoms with Gasteiger partial charge in [-0.15, -0.1) is 12.4 Å². The number of carbonyl (C=O) groups is 1. The number of benzene rings is 1. The lowest BCUT2D eigenvalue weighted by molar-refractivity contribution is 0.0921. The molecule has 27 heavy (non-hydrogen) atoms. The molecule has 0 radical (unpaired) electrons. The number of nitrogens with one attached hydrogen (secondary N) is 2. The molecule has 4 rings (SSSR count). The maximum Gasteiger partial charge on any atom is 0.272 e. The minimum absolute atomic E-state index is 0. The Morgan fingerprint density at radius 2 is 2.04 bits per heavy atom. The predicted octanol–water partition coefficient (Wildman–Crippen LogP) is 2.40. The van der Waals surface area contributed by atoms with Gasteiger partial charge in [-0.1, -0.05) is 30.3 Å². The highest BCUT2D eigenvalue weighted by atomic mass is 35.5. The predicted molar refractivity (Wildman–Crippen MR) is 108 cm³/mol. The molecule has 2 saturated heterocycles. The van der Waals surface area contributed by atoms with Gasteiger partial charge in [-0.05, 0) is 44.5 Å². The molecular weight excluding hydrogens is 362 g/mol. The molecule has 1 aromatic heterocycles. The highest BCUT2D eigenvalue weighted by Crippen LogP contribution is 2.31. The summed E-state index contributed by atoms with van der Waals surface area (Å²) in [5.41, 5.74) is 1.76. The summed E-state index contributed by atoms with van der Waals surface area (Å²) in [5, 5.41) is 11.2. The van der Waals surface area contributed by atoms with Crippen molar-refractivity contribution in [2.75, 3.05) is 26.7 Å². The zero-order chi connectivity index (χ0) is 17.9. The minimum Gasteiger partial charge on any atom is -0.346 e. The number of rotatable bonds is 4. The van der Waals surface area contributed by atoms with E-state index < -0.39 is 0 Å². The van der Waals surface area contributed by atoms with Crippen LogP contribution in [0.25, 0.3) is 0 Å². The van der Waals surface area contributed by atoms with Gasteiger partial charge in [-0.25, -0.2) is 0 Å². The number of likely N-dealkylation sites (tertiary alicyclic amines) is 1. The molecular formula is C20H28ClN5O. The second kappa shape index (κ2) is 8.87. The molecule has 1 aromatic carbocycles. The number of amides is 1. The Kier molecular flexibility index (Phi) is 6.52. The number of piperidine rings is 1. The van der Waals surface area contributed by atoms with Crippen LogP contribution in [0.1, 0.15) is 47.4 Å². The summed E-state index contributed by atoms with van der Waals surface area (Å²) in [5.74, 6) is -0.0752. The number of carbonyl (C=O) groups excluding carboxylic acids is 1. The van der Waals surface area contributed by atoms with Crippen LogP contribution in [0.5, 0.6) is 0 Å². The number of aromatic nitrogens is 2. The lowest BCUT2D eigenvalue weighted by Crippen LogP contribution is -2.39. The zero-order valence-corrected chi connectivity index (χ0v) is 16.5. The number of halogens is 1. The molecule has 3 unspecified atom stereocenters. The van der Waals surface area contributed by atoms with E-state index in [1.165, 1.54) is 5.56 Å². The van der Waals surface area contributed by atoms with E-state index in [0.717, 1.165) is 38.9 Å². The largest absolute Gasteiger partial charge is 0.346 e. The quantitative estimate of drug-likeness (QED) is 0.842. The highest BCUT2D eigenvalue weighted by Gasteiger charge is 2.34. The fourth-order valence-electron chi connectivity index (χ4n) is 4.20. The third kappa shape index (κ3) is 4.34. The van der Waals surface area contributed by atoms with Crippen molar-refractivity contribution in [2.45, 2.75) is 37.4 Å². The van der Waals surface area contributed by atoms with Gasteiger partial charge in [0, 0.05) is 19.3 Å². The van der Waals surface area contributed by atoms with E-state index in [-0.39, 0.29) is 30.4 Å². The Morgan fingerprint density at radius 1 is 1.22 bits per heavy atom. The molecule has 0 aliphatic carbocycles. The average molecular weight is 390 g/mol. The van der Waals surface area contributed by atoms with E-state index in [9.17, 15) is 4.79 Å². The van der Waals surface area contributed by atoms with Crippen molar-refractivity contribution in [1.29, 1.82) is 0 Å². The molecule has 146 valence electrons. The lowest BCUT2D eigenvalue weighted by Gasteiger charge is -2.26. The first-order valence-electron chi connectivity index (χ1n) is 9.54. The van der Waals surface area contributed by atoms with Crippen LogP contribution in [-0.2, 0) is 0 Å². The lowest BCUT2D eigenvalue weighted by atomic mass is 10.00. The molecule has 0 bridgehead atoms. The Hall–Kier alpha value is -1.89. The van der Waals surface area contributed by atoms with Gasteiger partial charge in [0.2, 0.25) is 0 Å². The molecule has 2 aromatic rings. The first-order chi connectivity index (χ1) is 12.7. The van der Waals surface area contributed by atoms with Gasteiger partial charge in [0.05, 0.1) is 18.1 Å². The molecule has 0 spiro atoms. The maximum absolute atomic E-state index is 12.8. The van der Waals surface area contributed by atoms with Gasteiger partial charge in [-0.3, -0.25) is 14.4 Å². The standard InChI is InChI=1S/C20H27N5O.ClH/c1-24-12-9-17(19(24)15-6-3-2-4-7-15)22-20(26)18-10-13-25(23-18)16-8-5-11-21-14-16;/h2-4,6-7,10,13,16-17,19,21H,5,8-9,11-12,14H2,1H3,(H,22,26);1H.